The molecule has 1 aliphatic carbocycles. The summed E-state index contributed by atoms with van der Waals surface area (Å²) in [5.41, 5.74) is 2.68. The highest BCUT2D eigenvalue weighted by molar-refractivity contribution is 7.91. The van der Waals surface area contributed by atoms with Crippen LogP contribution in [-0.2, 0) is 26.8 Å². The molecule has 1 heterocycles. The second-order valence-corrected chi connectivity index (χ2v) is 8.64. The molecule has 0 spiro atoms. The average molecular weight is 362 g/mol. The standard InChI is InChI=1S/C18H22N2O4S/c1-13-10-15(19-24-13)11-25(22,23)12-18(21)20(2)17-9-5-7-14-6-3-4-8-16(14)17/h3-4,6,8,10,17H,5,7,9,11-12H2,1-2H3/t17-/m0/s1. The number of amides is 1. The molecule has 6 nitrogen and oxygen atoms in total. The summed E-state index contributed by atoms with van der Waals surface area (Å²) in [7, 11) is -1.91. The van der Waals surface area contributed by atoms with Crippen LogP contribution in [0.3, 0.4) is 0 Å². The van der Waals surface area contributed by atoms with Gasteiger partial charge in [-0.1, -0.05) is 29.4 Å². The van der Waals surface area contributed by atoms with Gasteiger partial charge in [-0.3, -0.25) is 4.79 Å². The second-order valence-electron chi connectivity index (χ2n) is 6.57. The Morgan fingerprint density at radius 3 is 2.84 bits per heavy atom. The Kier molecular flexibility index (Phi) is 4.94. The molecule has 0 saturated carbocycles. The Morgan fingerprint density at radius 1 is 1.36 bits per heavy atom. The molecule has 1 aromatic heterocycles. The summed E-state index contributed by atoms with van der Waals surface area (Å²) >= 11 is 0. The minimum absolute atomic E-state index is 0.0676. The normalized spacial score (nSPS) is 17.1. The molecule has 1 aliphatic rings. The van der Waals surface area contributed by atoms with Gasteiger partial charge >= 0.3 is 0 Å². The Balaban J connectivity index is 1.71. The summed E-state index contributed by atoms with van der Waals surface area (Å²) in [4.78, 5) is 14.1. The first-order chi connectivity index (χ1) is 11.9. The molecule has 7 heteroatoms. The van der Waals surface area contributed by atoms with Crippen molar-refractivity contribution in [2.24, 2.45) is 0 Å². The van der Waals surface area contributed by atoms with E-state index in [4.69, 9.17) is 4.52 Å². The molecule has 0 saturated heterocycles. The Bertz CT molecular complexity index is 873. The maximum Gasteiger partial charge on any atom is 0.238 e. The summed E-state index contributed by atoms with van der Waals surface area (Å²) in [6, 6.07) is 9.55. The molecule has 0 N–H and O–H groups in total. The highest BCUT2D eigenvalue weighted by Crippen LogP contribution is 2.33. The van der Waals surface area contributed by atoms with E-state index in [1.165, 1.54) is 5.56 Å². The molecule has 0 unspecified atom stereocenters. The lowest BCUT2D eigenvalue weighted by molar-refractivity contribution is -0.129. The van der Waals surface area contributed by atoms with E-state index in [1.54, 1.807) is 24.9 Å². The minimum atomic E-state index is -3.60. The number of carbonyl (C=O) groups is 1. The minimum Gasteiger partial charge on any atom is -0.361 e. The molecule has 0 aliphatic heterocycles. The third-order valence-electron chi connectivity index (χ3n) is 4.59. The van der Waals surface area contributed by atoms with Crippen LogP contribution in [0.15, 0.2) is 34.9 Å². The SMILES string of the molecule is Cc1cc(CS(=O)(=O)CC(=O)N(C)[C@H]2CCCc3ccccc32)no1. The first kappa shape index (κ1) is 17.7. The average Bonchev–Trinajstić information content (AvgIpc) is 2.97. The lowest BCUT2D eigenvalue weighted by Crippen LogP contribution is -2.37. The van der Waals surface area contributed by atoms with Gasteiger partial charge in [-0.15, -0.1) is 0 Å². The van der Waals surface area contributed by atoms with Crippen molar-refractivity contribution in [3.63, 3.8) is 0 Å². The van der Waals surface area contributed by atoms with Crippen molar-refractivity contribution in [3.05, 3.63) is 52.9 Å². The Hall–Kier alpha value is -2.15. The van der Waals surface area contributed by atoms with Gasteiger partial charge in [-0.2, -0.15) is 0 Å². The number of carbonyl (C=O) groups excluding carboxylic acids is 1. The number of hydrogen-bond acceptors (Lipinski definition) is 5. The second kappa shape index (κ2) is 7.00. The predicted molar refractivity (Wildman–Crippen MR) is 93.6 cm³/mol. The molecule has 0 bridgehead atoms. The van der Waals surface area contributed by atoms with Gasteiger partial charge in [0, 0.05) is 13.1 Å². The highest BCUT2D eigenvalue weighted by Gasteiger charge is 2.29. The van der Waals surface area contributed by atoms with Crippen LogP contribution in [0.5, 0.6) is 0 Å². The van der Waals surface area contributed by atoms with Crippen molar-refractivity contribution in [2.45, 2.75) is 38.0 Å². The van der Waals surface area contributed by atoms with Crippen LogP contribution in [0.4, 0.5) is 0 Å². The lowest BCUT2D eigenvalue weighted by atomic mass is 9.87. The van der Waals surface area contributed by atoms with Crippen LogP contribution in [0.2, 0.25) is 0 Å². The zero-order valence-corrected chi connectivity index (χ0v) is 15.3. The molecule has 1 amide bonds. The number of aromatic nitrogens is 1. The first-order valence-electron chi connectivity index (χ1n) is 8.32. The van der Waals surface area contributed by atoms with E-state index in [0.29, 0.717) is 11.5 Å². The molecule has 1 atom stereocenters. The Labute approximate surface area is 147 Å². The van der Waals surface area contributed by atoms with Crippen molar-refractivity contribution in [2.75, 3.05) is 12.8 Å². The molecule has 134 valence electrons. The van der Waals surface area contributed by atoms with Gasteiger partial charge in [-0.25, -0.2) is 8.42 Å². The molecular weight excluding hydrogens is 340 g/mol. The van der Waals surface area contributed by atoms with E-state index in [2.05, 4.69) is 11.2 Å². The smallest absolute Gasteiger partial charge is 0.238 e. The van der Waals surface area contributed by atoms with Gasteiger partial charge in [0.2, 0.25) is 5.91 Å². The van der Waals surface area contributed by atoms with Crippen LogP contribution in [0.25, 0.3) is 0 Å². The van der Waals surface area contributed by atoms with E-state index in [9.17, 15) is 13.2 Å². The molecule has 0 radical (unpaired) electrons. The van der Waals surface area contributed by atoms with Crippen LogP contribution in [-0.4, -0.2) is 37.2 Å². The van der Waals surface area contributed by atoms with Gasteiger partial charge in [0.1, 0.15) is 11.5 Å². The zero-order chi connectivity index (χ0) is 18.0. The molecule has 0 fully saturated rings. The molecular formula is C18H22N2O4S. The van der Waals surface area contributed by atoms with E-state index >= 15 is 0 Å². The summed E-state index contributed by atoms with van der Waals surface area (Å²) in [6.07, 6.45) is 2.84. The monoisotopic (exact) mass is 362 g/mol. The largest absolute Gasteiger partial charge is 0.361 e. The van der Waals surface area contributed by atoms with Crippen LogP contribution < -0.4 is 0 Å². The van der Waals surface area contributed by atoms with Crippen molar-refractivity contribution in [3.8, 4) is 0 Å². The van der Waals surface area contributed by atoms with Crippen molar-refractivity contribution in [1.82, 2.24) is 10.1 Å². The molecule has 1 aromatic carbocycles. The number of rotatable bonds is 5. The van der Waals surface area contributed by atoms with Gasteiger partial charge < -0.3 is 9.42 Å². The van der Waals surface area contributed by atoms with Crippen molar-refractivity contribution < 1.29 is 17.7 Å². The van der Waals surface area contributed by atoms with E-state index in [1.807, 2.05) is 18.2 Å². The summed E-state index contributed by atoms with van der Waals surface area (Å²) in [5, 5.41) is 3.69. The zero-order valence-electron chi connectivity index (χ0n) is 14.4. The number of aryl methyl sites for hydroxylation is 2. The van der Waals surface area contributed by atoms with E-state index in [0.717, 1.165) is 24.8 Å². The van der Waals surface area contributed by atoms with Crippen LogP contribution in [0, 0.1) is 6.92 Å². The van der Waals surface area contributed by atoms with Gasteiger partial charge in [0.15, 0.2) is 9.84 Å². The summed E-state index contributed by atoms with van der Waals surface area (Å²) in [6.45, 7) is 1.70. The topological polar surface area (TPSA) is 80.5 Å². The fourth-order valence-corrected chi connectivity index (χ4v) is 4.63. The van der Waals surface area contributed by atoms with Crippen molar-refractivity contribution in [1.29, 1.82) is 0 Å². The third kappa shape index (κ3) is 4.10. The maximum atomic E-state index is 12.6. The van der Waals surface area contributed by atoms with Gasteiger partial charge in [-0.05, 0) is 37.3 Å². The number of nitrogens with zero attached hydrogens (tertiary/aromatic N) is 2. The highest BCUT2D eigenvalue weighted by atomic mass is 32.2. The number of benzene rings is 1. The lowest BCUT2D eigenvalue weighted by Gasteiger charge is -2.33. The van der Waals surface area contributed by atoms with E-state index < -0.39 is 15.6 Å². The van der Waals surface area contributed by atoms with Gasteiger partial charge in [0.25, 0.3) is 0 Å². The fraction of sp³-hybridized carbons (Fsp3) is 0.444. The predicted octanol–water partition coefficient (Wildman–Crippen LogP) is 2.43. The Morgan fingerprint density at radius 2 is 2.12 bits per heavy atom. The number of sulfone groups is 1. The summed E-state index contributed by atoms with van der Waals surface area (Å²) in [5.74, 6) is -0.645. The van der Waals surface area contributed by atoms with Crippen LogP contribution >= 0.6 is 0 Å². The molecule has 3 rings (SSSR count). The molecule has 25 heavy (non-hydrogen) atoms. The number of hydrogen-bond donors (Lipinski definition) is 0. The fourth-order valence-electron chi connectivity index (χ4n) is 3.36. The quantitative estimate of drug-likeness (QED) is 0.816. The van der Waals surface area contributed by atoms with Crippen LogP contribution in [0.1, 0.15) is 41.5 Å². The third-order valence-corrected chi connectivity index (χ3v) is 6.01. The summed E-state index contributed by atoms with van der Waals surface area (Å²) < 4.78 is 29.5. The van der Waals surface area contributed by atoms with Crippen molar-refractivity contribution >= 4 is 15.7 Å². The number of fused-ring (bicyclic) bond motifs is 1. The molecule has 2 aromatic rings. The maximum absolute atomic E-state index is 12.6. The van der Waals surface area contributed by atoms with Gasteiger partial charge in [0.05, 0.1) is 17.5 Å². The first-order valence-corrected chi connectivity index (χ1v) is 10.1. The van der Waals surface area contributed by atoms with E-state index in [-0.39, 0.29) is 17.7 Å².